The Morgan fingerprint density at radius 3 is 2.38 bits per heavy atom. The first kappa shape index (κ1) is 17.9. The highest BCUT2D eigenvalue weighted by molar-refractivity contribution is 5.95. The van der Waals surface area contributed by atoms with Crippen LogP contribution >= 0.6 is 0 Å². The number of hydrogen-bond acceptors (Lipinski definition) is 4. The molecular formula is C19H25N3O2. The molecule has 1 heterocycles. The molecule has 0 spiro atoms. The van der Waals surface area contributed by atoms with Crippen molar-refractivity contribution in [1.29, 1.82) is 0 Å². The van der Waals surface area contributed by atoms with Crippen LogP contribution < -0.4 is 4.90 Å². The Bertz CT molecular complexity index is 663. The van der Waals surface area contributed by atoms with Gasteiger partial charge in [0.2, 0.25) is 0 Å². The largest absolute Gasteiger partial charge is 0.395 e. The van der Waals surface area contributed by atoms with Gasteiger partial charge in [-0.2, -0.15) is 0 Å². The predicted molar refractivity (Wildman–Crippen MR) is 97.3 cm³/mol. The van der Waals surface area contributed by atoms with Crippen LogP contribution in [0.15, 0.2) is 42.7 Å². The van der Waals surface area contributed by atoms with Gasteiger partial charge < -0.3 is 14.9 Å². The third-order valence-electron chi connectivity index (χ3n) is 3.85. The summed E-state index contributed by atoms with van der Waals surface area (Å²) in [4.78, 5) is 20.5. The second-order valence-corrected chi connectivity index (χ2v) is 5.92. The summed E-state index contributed by atoms with van der Waals surface area (Å²) >= 11 is 0. The van der Waals surface area contributed by atoms with E-state index in [1.54, 1.807) is 17.3 Å². The minimum atomic E-state index is -0.0924. The molecule has 5 nitrogen and oxygen atoms in total. The number of nitrogens with zero attached hydrogens (tertiary/aromatic N) is 3. The van der Waals surface area contributed by atoms with Crippen molar-refractivity contribution in [3.05, 3.63) is 48.3 Å². The van der Waals surface area contributed by atoms with Gasteiger partial charge in [0.25, 0.3) is 5.91 Å². The lowest BCUT2D eigenvalue weighted by Gasteiger charge is -2.21. The SMILES string of the molecule is CCCN(CCO)C(=O)c1cncc(-c2ccc(N(C)C)cc2)c1. The number of anilines is 1. The van der Waals surface area contributed by atoms with E-state index in [-0.39, 0.29) is 12.5 Å². The van der Waals surface area contributed by atoms with E-state index in [9.17, 15) is 4.79 Å². The Morgan fingerprint density at radius 1 is 1.08 bits per heavy atom. The first-order chi connectivity index (χ1) is 11.6. The minimum Gasteiger partial charge on any atom is -0.395 e. The molecule has 0 aliphatic rings. The molecule has 2 aromatic rings. The van der Waals surface area contributed by atoms with Crippen LogP contribution in [0.1, 0.15) is 23.7 Å². The molecule has 0 saturated carbocycles. The van der Waals surface area contributed by atoms with Gasteiger partial charge in [-0.15, -0.1) is 0 Å². The second-order valence-electron chi connectivity index (χ2n) is 5.92. The Kier molecular flexibility index (Phi) is 6.32. The molecule has 0 bridgehead atoms. The Labute approximate surface area is 143 Å². The molecule has 1 amide bonds. The molecule has 0 aliphatic carbocycles. The van der Waals surface area contributed by atoms with Crippen molar-refractivity contribution in [1.82, 2.24) is 9.88 Å². The van der Waals surface area contributed by atoms with Crippen molar-refractivity contribution >= 4 is 11.6 Å². The summed E-state index contributed by atoms with van der Waals surface area (Å²) in [7, 11) is 4.00. The molecule has 24 heavy (non-hydrogen) atoms. The van der Waals surface area contributed by atoms with Crippen LogP contribution in [-0.2, 0) is 0 Å². The van der Waals surface area contributed by atoms with Crippen molar-refractivity contribution in [2.75, 3.05) is 38.7 Å². The van der Waals surface area contributed by atoms with Gasteiger partial charge in [0, 0.05) is 50.8 Å². The lowest BCUT2D eigenvalue weighted by Crippen LogP contribution is -2.34. The van der Waals surface area contributed by atoms with Gasteiger partial charge >= 0.3 is 0 Å². The standard InChI is InChI=1S/C19H25N3O2/c1-4-9-22(10-11-23)19(24)17-12-16(13-20-14-17)15-5-7-18(8-6-15)21(2)3/h5-8,12-14,23H,4,9-11H2,1-3H3. The molecule has 0 fully saturated rings. The molecule has 1 aromatic carbocycles. The van der Waals surface area contributed by atoms with Crippen LogP contribution in [0.3, 0.4) is 0 Å². The number of hydrogen-bond donors (Lipinski definition) is 1. The fourth-order valence-corrected chi connectivity index (χ4v) is 2.55. The van der Waals surface area contributed by atoms with Crippen molar-refractivity contribution in [3.8, 4) is 11.1 Å². The van der Waals surface area contributed by atoms with Gasteiger partial charge in [-0.1, -0.05) is 19.1 Å². The zero-order valence-electron chi connectivity index (χ0n) is 14.6. The number of rotatable bonds is 7. The van der Waals surface area contributed by atoms with Crippen LogP contribution in [0.2, 0.25) is 0 Å². The third-order valence-corrected chi connectivity index (χ3v) is 3.85. The Balaban J connectivity index is 2.26. The number of aromatic nitrogens is 1. The summed E-state index contributed by atoms with van der Waals surface area (Å²) in [6, 6.07) is 9.99. The van der Waals surface area contributed by atoms with Crippen LogP contribution in [0.4, 0.5) is 5.69 Å². The minimum absolute atomic E-state index is 0.0368. The number of aliphatic hydroxyl groups is 1. The fraction of sp³-hybridized carbons (Fsp3) is 0.368. The maximum absolute atomic E-state index is 12.6. The topological polar surface area (TPSA) is 56.7 Å². The van der Waals surface area contributed by atoms with E-state index in [4.69, 9.17) is 5.11 Å². The van der Waals surface area contributed by atoms with E-state index in [2.05, 4.69) is 4.98 Å². The molecule has 0 aliphatic heterocycles. The molecule has 5 heteroatoms. The molecule has 0 saturated heterocycles. The normalized spacial score (nSPS) is 10.5. The summed E-state index contributed by atoms with van der Waals surface area (Å²) in [6.45, 7) is 2.94. The summed E-state index contributed by atoms with van der Waals surface area (Å²) in [5, 5.41) is 9.15. The van der Waals surface area contributed by atoms with Crippen LogP contribution in [0.5, 0.6) is 0 Å². The highest BCUT2D eigenvalue weighted by Gasteiger charge is 2.15. The zero-order valence-corrected chi connectivity index (χ0v) is 14.6. The monoisotopic (exact) mass is 327 g/mol. The van der Waals surface area contributed by atoms with E-state index < -0.39 is 0 Å². The predicted octanol–water partition coefficient (Wildman–Crippen LogP) is 2.66. The fourth-order valence-electron chi connectivity index (χ4n) is 2.55. The molecule has 1 aromatic heterocycles. The zero-order chi connectivity index (χ0) is 17.5. The smallest absolute Gasteiger partial charge is 0.255 e. The number of benzene rings is 1. The van der Waals surface area contributed by atoms with E-state index in [1.807, 2.05) is 56.3 Å². The van der Waals surface area contributed by atoms with Crippen LogP contribution in [0.25, 0.3) is 11.1 Å². The molecule has 0 radical (unpaired) electrons. The summed E-state index contributed by atoms with van der Waals surface area (Å²) in [5.74, 6) is -0.0924. The number of amides is 1. The maximum Gasteiger partial charge on any atom is 0.255 e. The quantitative estimate of drug-likeness (QED) is 0.849. The Hall–Kier alpha value is -2.40. The van der Waals surface area contributed by atoms with E-state index in [0.717, 1.165) is 23.2 Å². The van der Waals surface area contributed by atoms with Gasteiger partial charge in [0.1, 0.15) is 0 Å². The lowest BCUT2D eigenvalue weighted by molar-refractivity contribution is 0.0721. The van der Waals surface area contributed by atoms with E-state index in [0.29, 0.717) is 18.7 Å². The van der Waals surface area contributed by atoms with Gasteiger partial charge in [-0.3, -0.25) is 9.78 Å². The van der Waals surface area contributed by atoms with Crippen molar-refractivity contribution in [2.24, 2.45) is 0 Å². The van der Waals surface area contributed by atoms with Gasteiger partial charge in [-0.25, -0.2) is 0 Å². The number of aliphatic hydroxyl groups excluding tert-OH is 1. The number of carbonyl (C=O) groups is 1. The van der Waals surface area contributed by atoms with Crippen LogP contribution in [0, 0.1) is 0 Å². The van der Waals surface area contributed by atoms with Crippen LogP contribution in [-0.4, -0.2) is 54.7 Å². The molecule has 0 unspecified atom stereocenters. The van der Waals surface area contributed by atoms with Crippen molar-refractivity contribution in [3.63, 3.8) is 0 Å². The van der Waals surface area contributed by atoms with Crippen molar-refractivity contribution < 1.29 is 9.90 Å². The summed E-state index contributed by atoms with van der Waals surface area (Å²) in [6.07, 6.45) is 4.20. The van der Waals surface area contributed by atoms with Gasteiger partial charge in [0.05, 0.1) is 12.2 Å². The third kappa shape index (κ3) is 4.32. The molecule has 2 rings (SSSR count). The molecule has 128 valence electrons. The number of carbonyl (C=O) groups excluding carboxylic acids is 1. The van der Waals surface area contributed by atoms with Gasteiger partial charge in [0.15, 0.2) is 0 Å². The first-order valence-electron chi connectivity index (χ1n) is 8.19. The highest BCUT2D eigenvalue weighted by Crippen LogP contribution is 2.23. The average Bonchev–Trinajstić information content (AvgIpc) is 2.61. The summed E-state index contributed by atoms with van der Waals surface area (Å²) in [5.41, 5.74) is 3.60. The molecular weight excluding hydrogens is 302 g/mol. The van der Waals surface area contributed by atoms with E-state index in [1.165, 1.54) is 0 Å². The average molecular weight is 327 g/mol. The maximum atomic E-state index is 12.6. The molecule has 0 atom stereocenters. The van der Waals surface area contributed by atoms with E-state index >= 15 is 0 Å². The number of pyridine rings is 1. The van der Waals surface area contributed by atoms with Crippen molar-refractivity contribution in [2.45, 2.75) is 13.3 Å². The first-order valence-corrected chi connectivity index (χ1v) is 8.19. The van der Waals surface area contributed by atoms with Gasteiger partial charge in [-0.05, 0) is 30.2 Å². The summed E-state index contributed by atoms with van der Waals surface area (Å²) < 4.78 is 0. The Morgan fingerprint density at radius 2 is 1.79 bits per heavy atom. The second kappa shape index (κ2) is 8.45. The molecule has 1 N–H and O–H groups in total. The lowest BCUT2D eigenvalue weighted by atomic mass is 10.0. The highest BCUT2D eigenvalue weighted by atomic mass is 16.3.